The second kappa shape index (κ2) is 6.79. The maximum absolute atomic E-state index is 9.07. The van der Waals surface area contributed by atoms with Gasteiger partial charge in [-0.1, -0.05) is 12.1 Å². The molecule has 2 heterocycles. The van der Waals surface area contributed by atoms with Crippen molar-refractivity contribution in [1.29, 1.82) is 5.26 Å². The fourth-order valence-electron chi connectivity index (χ4n) is 2.40. The molecule has 3 rings (SSSR count). The number of nitrogens with one attached hydrogen (secondary N) is 1. The molecule has 6 nitrogen and oxygen atoms in total. The first kappa shape index (κ1) is 14.9. The number of nitrogens with two attached hydrogens (primary N) is 1. The molecule has 0 radical (unpaired) electrons. The molecule has 23 heavy (non-hydrogen) atoms. The van der Waals surface area contributed by atoms with Gasteiger partial charge in [0.25, 0.3) is 6.02 Å². The molecule has 0 bridgehead atoms. The van der Waals surface area contributed by atoms with Gasteiger partial charge in [-0.3, -0.25) is 0 Å². The van der Waals surface area contributed by atoms with Crippen LogP contribution in [0.2, 0.25) is 0 Å². The van der Waals surface area contributed by atoms with Gasteiger partial charge in [-0.15, -0.1) is 0 Å². The minimum absolute atomic E-state index is 0.152. The summed E-state index contributed by atoms with van der Waals surface area (Å²) in [4.78, 5) is 8.41. The molecule has 0 saturated carbocycles. The summed E-state index contributed by atoms with van der Waals surface area (Å²) in [6.45, 7) is 0.572. The molecule has 1 aliphatic heterocycles. The van der Waals surface area contributed by atoms with Crippen LogP contribution in [0.4, 0.5) is 11.5 Å². The van der Waals surface area contributed by atoms with Gasteiger partial charge in [-0.2, -0.15) is 5.26 Å². The maximum Gasteiger partial charge on any atom is 0.282 e. The smallest absolute Gasteiger partial charge is 0.282 e. The standard InChI is InChI=1S/C17H17N5O/c18-10-13-2-1-9-20-16(13)21-14-6-3-12(4-7-14)5-8-15-11-23-17(19)22-15/h1-4,6-7,9,15H,5,8,11H2,(H2,19,22)(H,20,21). The van der Waals surface area contributed by atoms with Gasteiger partial charge in [0.1, 0.15) is 18.5 Å². The predicted molar refractivity (Wildman–Crippen MR) is 88.4 cm³/mol. The number of aryl methyl sites for hydroxylation is 1. The Labute approximate surface area is 134 Å². The Morgan fingerprint density at radius 1 is 1.30 bits per heavy atom. The Morgan fingerprint density at radius 3 is 2.83 bits per heavy atom. The molecular formula is C17H17N5O. The zero-order valence-electron chi connectivity index (χ0n) is 12.6. The van der Waals surface area contributed by atoms with Gasteiger partial charge < -0.3 is 15.8 Å². The number of nitrogens with zero attached hydrogens (tertiary/aromatic N) is 3. The van der Waals surface area contributed by atoms with Gasteiger partial charge in [-0.25, -0.2) is 9.98 Å². The van der Waals surface area contributed by atoms with E-state index in [-0.39, 0.29) is 6.04 Å². The number of aliphatic imine (C=N–C) groups is 1. The average Bonchev–Trinajstić information content (AvgIpc) is 3.00. The van der Waals surface area contributed by atoms with Gasteiger partial charge in [0.2, 0.25) is 0 Å². The molecule has 1 aromatic heterocycles. The number of amidine groups is 1. The van der Waals surface area contributed by atoms with E-state index in [0.29, 0.717) is 24.0 Å². The minimum Gasteiger partial charge on any atom is -0.463 e. The van der Waals surface area contributed by atoms with Crippen LogP contribution >= 0.6 is 0 Å². The number of hydrogen-bond acceptors (Lipinski definition) is 6. The Kier molecular flexibility index (Phi) is 4.39. The van der Waals surface area contributed by atoms with Gasteiger partial charge in [0.05, 0.1) is 11.6 Å². The third kappa shape index (κ3) is 3.77. The average molecular weight is 307 g/mol. The Balaban J connectivity index is 1.60. The molecule has 116 valence electrons. The Hall–Kier alpha value is -3.07. The summed E-state index contributed by atoms with van der Waals surface area (Å²) in [5, 5.41) is 12.2. The van der Waals surface area contributed by atoms with Crippen LogP contribution in [-0.4, -0.2) is 23.7 Å². The minimum atomic E-state index is 0.152. The van der Waals surface area contributed by atoms with E-state index in [1.165, 1.54) is 5.56 Å². The number of anilines is 2. The summed E-state index contributed by atoms with van der Waals surface area (Å²) >= 11 is 0. The van der Waals surface area contributed by atoms with Crippen molar-refractivity contribution < 1.29 is 4.74 Å². The summed E-state index contributed by atoms with van der Waals surface area (Å²) in [6, 6.07) is 14.1. The molecule has 1 unspecified atom stereocenters. The molecule has 0 fully saturated rings. The molecule has 1 atom stereocenters. The number of hydrogen-bond donors (Lipinski definition) is 2. The first-order valence-electron chi connectivity index (χ1n) is 7.42. The van der Waals surface area contributed by atoms with Gasteiger partial charge in [-0.05, 0) is 42.7 Å². The van der Waals surface area contributed by atoms with Crippen molar-refractivity contribution in [2.75, 3.05) is 11.9 Å². The second-order valence-electron chi connectivity index (χ2n) is 5.30. The number of pyridine rings is 1. The lowest BCUT2D eigenvalue weighted by Gasteiger charge is -2.09. The zero-order chi connectivity index (χ0) is 16.1. The first-order chi connectivity index (χ1) is 11.2. The van der Waals surface area contributed by atoms with Gasteiger partial charge in [0.15, 0.2) is 0 Å². The number of benzene rings is 1. The molecule has 0 saturated heterocycles. The molecule has 1 aromatic carbocycles. The topological polar surface area (TPSA) is 96.3 Å². The maximum atomic E-state index is 9.07. The van der Waals surface area contributed by atoms with Crippen molar-refractivity contribution in [3.8, 4) is 6.07 Å². The number of nitriles is 1. The van der Waals surface area contributed by atoms with Crippen LogP contribution in [0, 0.1) is 11.3 Å². The van der Waals surface area contributed by atoms with E-state index in [2.05, 4.69) is 33.5 Å². The first-order valence-corrected chi connectivity index (χ1v) is 7.42. The number of rotatable bonds is 5. The van der Waals surface area contributed by atoms with Crippen LogP contribution in [-0.2, 0) is 11.2 Å². The van der Waals surface area contributed by atoms with E-state index >= 15 is 0 Å². The molecule has 0 spiro atoms. The highest BCUT2D eigenvalue weighted by Gasteiger charge is 2.16. The molecule has 1 aliphatic rings. The van der Waals surface area contributed by atoms with E-state index < -0.39 is 0 Å². The predicted octanol–water partition coefficient (Wildman–Crippen LogP) is 2.34. The largest absolute Gasteiger partial charge is 0.463 e. The molecule has 2 aromatic rings. The summed E-state index contributed by atoms with van der Waals surface area (Å²) < 4.78 is 5.15. The fourth-order valence-corrected chi connectivity index (χ4v) is 2.40. The van der Waals surface area contributed by atoms with Crippen molar-refractivity contribution in [2.45, 2.75) is 18.9 Å². The van der Waals surface area contributed by atoms with Gasteiger partial charge >= 0.3 is 0 Å². The van der Waals surface area contributed by atoms with Crippen molar-refractivity contribution in [3.63, 3.8) is 0 Å². The van der Waals surface area contributed by atoms with Crippen LogP contribution < -0.4 is 11.1 Å². The van der Waals surface area contributed by atoms with Crippen molar-refractivity contribution in [1.82, 2.24) is 4.98 Å². The van der Waals surface area contributed by atoms with Gasteiger partial charge in [0, 0.05) is 11.9 Å². The van der Waals surface area contributed by atoms with Crippen molar-refractivity contribution in [2.24, 2.45) is 10.7 Å². The molecule has 6 heteroatoms. The quantitative estimate of drug-likeness (QED) is 0.883. The van der Waals surface area contributed by atoms with E-state index in [9.17, 15) is 0 Å². The monoisotopic (exact) mass is 307 g/mol. The van der Waals surface area contributed by atoms with Crippen LogP contribution in [0.3, 0.4) is 0 Å². The van der Waals surface area contributed by atoms with E-state index in [1.54, 1.807) is 18.3 Å². The van der Waals surface area contributed by atoms with Crippen molar-refractivity contribution >= 4 is 17.5 Å². The fraction of sp³-hybridized carbons (Fsp3) is 0.235. The summed E-state index contributed by atoms with van der Waals surface area (Å²) in [7, 11) is 0. The lowest BCUT2D eigenvalue weighted by Crippen LogP contribution is -2.10. The Bertz CT molecular complexity index is 748. The summed E-state index contributed by atoms with van der Waals surface area (Å²) in [5.41, 5.74) is 8.14. The van der Waals surface area contributed by atoms with Crippen molar-refractivity contribution in [3.05, 3.63) is 53.7 Å². The third-order valence-corrected chi connectivity index (χ3v) is 3.64. The second-order valence-corrected chi connectivity index (χ2v) is 5.30. The van der Waals surface area contributed by atoms with E-state index in [0.717, 1.165) is 18.5 Å². The van der Waals surface area contributed by atoms with Crippen LogP contribution in [0.15, 0.2) is 47.6 Å². The molecular weight excluding hydrogens is 290 g/mol. The highest BCUT2D eigenvalue weighted by atomic mass is 16.5. The highest BCUT2D eigenvalue weighted by molar-refractivity contribution is 5.73. The molecule has 3 N–H and O–H groups in total. The Morgan fingerprint density at radius 2 is 2.13 bits per heavy atom. The van der Waals surface area contributed by atoms with Crippen LogP contribution in [0.1, 0.15) is 17.5 Å². The zero-order valence-corrected chi connectivity index (χ0v) is 12.6. The molecule has 0 aliphatic carbocycles. The highest BCUT2D eigenvalue weighted by Crippen LogP contribution is 2.19. The van der Waals surface area contributed by atoms with E-state index in [4.69, 9.17) is 15.7 Å². The summed E-state index contributed by atoms with van der Waals surface area (Å²) in [5.74, 6) is 0.565. The number of aromatic nitrogens is 1. The normalized spacial score (nSPS) is 16.3. The van der Waals surface area contributed by atoms with Crippen LogP contribution in [0.25, 0.3) is 0 Å². The van der Waals surface area contributed by atoms with Crippen LogP contribution in [0.5, 0.6) is 0 Å². The molecule has 0 amide bonds. The number of ether oxygens (including phenoxy) is 1. The third-order valence-electron chi connectivity index (χ3n) is 3.64. The lowest BCUT2D eigenvalue weighted by atomic mass is 10.1. The summed E-state index contributed by atoms with van der Waals surface area (Å²) in [6.07, 6.45) is 3.48. The van der Waals surface area contributed by atoms with E-state index in [1.807, 2.05) is 12.1 Å². The SMILES string of the molecule is N#Cc1cccnc1Nc1ccc(CCC2COC(N)=N2)cc1. The lowest BCUT2D eigenvalue weighted by molar-refractivity contribution is 0.308.